The lowest BCUT2D eigenvalue weighted by atomic mass is 9.94. The van der Waals surface area contributed by atoms with Crippen LogP contribution in [-0.4, -0.2) is 41.5 Å². The number of fused-ring (bicyclic) bond motifs is 5. The lowest BCUT2D eigenvalue weighted by Gasteiger charge is -2.36. The molecule has 0 radical (unpaired) electrons. The topological polar surface area (TPSA) is 78.3 Å². The Morgan fingerprint density at radius 1 is 1.20 bits per heavy atom. The average Bonchev–Trinajstić information content (AvgIpc) is 2.88. The highest BCUT2D eigenvalue weighted by Crippen LogP contribution is 2.26. The fourth-order valence-corrected chi connectivity index (χ4v) is 4.98. The number of benzene rings is 1. The van der Waals surface area contributed by atoms with E-state index in [0.29, 0.717) is 23.7 Å². The third kappa shape index (κ3) is 3.45. The number of hydrogen-bond acceptors (Lipinski definition) is 4. The molecule has 3 fully saturated rings. The number of aromatic nitrogens is 1. The summed E-state index contributed by atoms with van der Waals surface area (Å²) in [6.45, 7) is 4.31. The Kier molecular flexibility index (Phi) is 4.95. The third-order valence-electron chi connectivity index (χ3n) is 6.61. The van der Waals surface area contributed by atoms with E-state index in [1.165, 1.54) is 10.9 Å². The number of nitrogens with zero attached hydrogens (tertiary/aromatic N) is 1. The van der Waals surface area contributed by atoms with Gasteiger partial charge in [0.25, 0.3) is 5.91 Å². The van der Waals surface area contributed by atoms with E-state index in [1.54, 1.807) is 0 Å². The van der Waals surface area contributed by atoms with Crippen LogP contribution >= 0.6 is 0 Å². The molecule has 2 aromatic heterocycles. The first kappa shape index (κ1) is 19.1. The Morgan fingerprint density at radius 2 is 2.07 bits per heavy atom. The van der Waals surface area contributed by atoms with Crippen molar-refractivity contribution in [1.29, 1.82) is 0 Å². The van der Waals surface area contributed by atoms with E-state index in [4.69, 9.17) is 4.42 Å². The second-order valence-electron chi connectivity index (χ2n) is 8.63. The quantitative estimate of drug-likeness (QED) is 0.699. The molecule has 6 nitrogen and oxygen atoms in total. The minimum absolute atomic E-state index is 0.164. The Hall–Kier alpha value is -2.86. The van der Waals surface area contributed by atoms with Crippen LogP contribution < -0.4 is 10.9 Å². The molecule has 1 aromatic carbocycles. The number of H-pyrrole nitrogens is 1. The van der Waals surface area contributed by atoms with Gasteiger partial charge < -0.3 is 19.6 Å². The third-order valence-corrected chi connectivity index (χ3v) is 6.61. The van der Waals surface area contributed by atoms with Crippen LogP contribution in [0.2, 0.25) is 0 Å². The van der Waals surface area contributed by atoms with Crippen molar-refractivity contribution in [1.82, 2.24) is 15.2 Å². The zero-order chi connectivity index (χ0) is 20.7. The second kappa shape index (κ2) is 7.76. The van der Waals surface area contributed by atoms with Crippen molar-refractivity contribution in [2.24, 2.45) is 5.92 Å². The molecule has 3 aliphatic heterocycles. The molecular formula is C24H27N3O3. The molecule has 6 heteroatoms. The summed E-state index contributed by atoms with van der Waals surface area (Å²) in [5, 5.41) is 4.62. The van der Waals surface area contributed by atoms with E-state index in [9.17, 15) is 9.59 Å². The molecule has 2 bridgehead atoms. The smallest absolute Gasteiger partial charge is 0.349 e. The highest BCUT2D eigenvalue weighted by molar-refractivity contribution is 5.95. The molecular weight excluding hydrogens is 378 g/mol. The molecule has 0 aliphatic carbocycles. The van der Waals surface area contributed by atoms with Crippen molar-refractivity contribution >= 4 is 16.8 Å². The van der Waals surface area contributed by atoms with Gasteiger partial charge in [0.05, 0.1) is 0 Å². The molecule has 5 heterocycles. The molecule has 0 spiro atoms. The van der Waals surface area contributed by atoms with Gasteiger partial charge in [-0.05, 0) is 61.9 Å². The largest absolute Gasteiger partial charge is 0.427 e. The molecule has 3 aliphatic rings. The average molecular weight is 405 g/mol. The lowest BCUT2D eigenvalue weighted by molar-refractivity contribution is 0.0585. The van der Waals surface area contributed by atoms with Crippen molar-refractivity contribution in [2.75, 3.05) is 19.6 Å². The summed E-state index contributed by atoms with van der Waals surface area (Å²) in [4.78, 5) is 31.2. The van der Waals surface area contributed by atoms with Crippen molar-refractivity contribution < 1.29 is 9.21 Å². The summed E-state index contributed by atoms with van der Waals surface area (Å²) >= 11 is 0. The van der Waals surface area contributed by atoms with E-state index < -0.39 is 5.63 Å². The molecule has 3 saturated heterocycles. The minimum atomic E-state index is -0.512. The predicted molar refractivity (Wildman–Crippen MR) is 116 cm³/mol. The molecule has 6 rings (SSSR count). The van der Waals surface area contributed by atoms with Crippen LogP contribution in [0.25, 0.3) is 10.9 Å². The number of nitrogens with one attached hydrogen (secondary N) is 2. The van der Waals surface area contributed by atoms with Gasteiger partial charge in [0.1, 0.15) is 11.3 Å². The van der Waals surface area contributed by atoms with E-state index in [2.05, 4.69) is 22.4 Å². The summed E-state index contributed by atoms with van der Waals surface area (Å²) in [5.74, 6) is 0.914. The van der Waals surface area contributed by atoms with Gasteiger partial charge in [0.2, 0.25) is 0 Å². The van der Waals surface area contributed by atoms with Gasteiger partial charge in [-0.1, -0.05) is 18.2 Å². The second-order valence-corrected chi connectivity index (χ2v) is 8.63. The SMILES string of the molecule is Cc1cc(CCc2c[nH]c3ccccc23)oc(=O)c1C(=O)N1C[C@@H]2CC[C@H]1CNC2. The molecule has 30 heavy (non-hydrogen) atoms. The van der Waals surface area contributed by atoms with Gasteiger partial charge in [-0.25, -0.2) is 4.79 Å². The van der Waals surface area contributed by atoms with E-state index in [-0.39, 0.29) is 17.5 Å². The summed E-state index contributed by atoms with van der Waals surface area (Å²) in [6.07, 6.45) is 5.53. The molecule has 2 N–H and O–H groups in total. The van der Waals surface area contributed by atoms with Crippen LogP contribution in [0.4, 0.5) is 0 Å². The van der Waals surface area contributed by atoms with Crippen molar-refractivity contribution in [3.8, 4) is 0 Å². The number of rotatable bonds is 4. The number of carbonyl (C=O) groups excluding carboxylic acids is 1. The minimum Gasteiger partial charge on any atom is -0.427 e. The number of piperidine rings is 1. The Morgan fingerprint density at radius 3 is 2.93 bits per heavy atom. The van der Waals surface area contributed by atoms with Crippen molar-refractivity contribution in [2.45, 2.75) is 38.6 Å². The number of aryl methyl sites for hydroxylation is 3. The van der Waals surface area contributed by atoms with Gasteiger partial charge in [-0.2, -0.15) is 0 Å². The van der Waals surface area contributed by atoms with E-state index in [1.807, 2.05) is 36.2 Å². The summed E-state index contributed by atoms with van der Waals surface area (Å²) in [6, 6.07) is 10.2. The highest BCUT2D eigenvalue weighted by Gasteiger charge is 2.36. The Labute approximate surface area is 175 Å². The molecule has 156 valence electrons. The standard InChI is InChI=1S/C24H27N3O3/c1-15-10-19(9-7-17-12-26-21-5-3-2-4-20(17)21)30-24(29)22(15)23(28)27-14-16-6-8-18(27)13-25-11-16/h2-5,10,12,16,18,25-26H,6-9,11,13-14H2,1H3/t16-,18+/m1/s1. The fourth-order valence-electron chi connectivity index (χ4n) is 4.98. The number of para-hydroxylation sites is 1. The van der Waals surface area contributed by atoms with Gasteiger partial charge >= 0.3 is 5.63 Å². The molecule has 0 unspecified atom stereocenters. The van der Waals surface area contributed by atoms with Crippen LogP contribution in [0.1, 0.15) is 40.1 Å². The highest BCUT2D eigenvalue weighted by atomic mass is 16.4. The zero-order valence-electron chi connectivity index (χ0n) is 17.2. The summed E-state index contributed by atoms with van der Waals surface area (Å²) in [7, 11) is 0. The first-order valence-corrected chi connectivity index (χ1v) is 10.8. The Bertz CT molecular complexity index is 1140. The first-order valence-electron chi connectivity index (χ1n) is 10.8. The van der Waals surface area contributed by atoms with Crippen LogP contribution in [0, 0.1) is 12.8 Å². The van der Waals surface area contributed by atoms with E-state index >= 15 is 0 Å². The number of aromatic amines is 1. The monoisotopic (exact) mass is 405 g/mol. The summed E-state index contributed by atoms with van der Waals surface area (Å²) in [5.41, 5.74) is 2.69. The lowest BCUT2D eigenvalue weighted by Crippen LogP contribution is -2.48. The number of carbonyl (C=O) groups is 1. The van der Waals surface area contributed by atoms with Gasteiger partial charge in [0, 0.05) is 42.7 Å². The normalized spacial score (nSPS) is 21.2. The summed E-state index contributed by atoms with van der Waals surface area (Å²) < 4.78 is 5.59. The maximum Gasteiger partial charge on any atom is 0.349 e. The predicted octanol–water partition coefficient (Wildman–Crippen LogP) is 3.04. The van der Waals surface area contributed by atoms with Crippen LogP contribution in [0.3, 0.4) is 0 Å². The van der Waals surface area contributed by atoms with Crippen LogP contribution in [-0.2, 0) is 12.8 Å². The van der Waals surface area contributed by atoms with Crippen molar-refractivity contribution in [3.63, 3.8) is 0 Å². The van der Waals surface area contributed by atoms with Crippen molar-refractivity contribution in [3.05, 3.63) is 69.4 Å². The number of hydrogen-bond donors (Lipinski definition) is 2. The van der Waals surface area contributed by atoms with Gasteiger partial charge in [-0.3, -0.25) is 4.79 Å². The maximum absolute atomic E-state index is 13.2. The number of amides is 1. The van der Waals surface area contributed by atoms with Gasteiger partial charge in [-0.15, -0.1) is 0 Å². The van der Waals surface area contributed by atoms with Crippen LogP contribution in [0.15, 0.2) is 45.7 Å². The Balaban J connectivity index is 1.36. The molecule has 2 atom stereocenters. The maximum atomic E-state index is 13.2. The van der Waals surface area contributed by atoms with Gasteiger partial charge in [0.15, 0.2) is 0 Å². The zero-order valence-corrected chi connectivity index (χ0v) is 17.2. The first-order chi connectivity index (χ1) is 14.6. The molecule has 1 amide bonds. The van der Waals surface area contributed by atoms with E-state index in [0.717, 1.165) is 44.4 Å². The molecule has 3 aromatic rings. The molecule has 0 saturated carbocycles. The fraction of sp³-hybridized carbons (Fsp3) is 0.417. The van der Waals surface area contributed by atoms with Crippen LogP contribution in [0.5, 0.6) is 0 Å².